The monoisotopic (exact) mass is 411 g/mol. The fraction of sp³-hybridized carbons (Fsp3) is 0.167. The van der Waals surface area contributed by atoms with Crippen molar-refractivity contribution in [2.24, 2.45) is 0 Å². The summed E-state index contributed by atoms with van der Waals surface area (Å²) in [6, 6.07) is 12.2. The maximum Gasteiger partial charge on any atom is 0.256 e. The van der Waals surface area contributed by atoms with Gasteiger partial charge >= 0.3 is 0 Å². The molecule has 0 spiro atoms. The molecule has 2 aliphatic rings. The lowest BCUT2D eigenvalue weighted by atomic mass is 10.0. The molecule has 4 N–H and O–H groups in total. The minimum Gasteiger partial charge on any atom is -0.495 e. The van der Waals surface area contributed by atoms with Crippen molar-refractivity contribution in [1.82, 2.24) is 15.0 Å². The first-order valence-corrected chi connectivity index (χ1v) is 10.4. The second kappa shape index (κ2) is 6.77. The van der Waals surface area contributed by atoms with Crippen molar-refractivity contribution < 1.29 is 9.53 Å². The van der Waals surface area contributed by atoms with Crippen LogP contribution in [0.4, 0.5) is 17.3 Å². The Morgan fingerprint density at radius 2 is 2.03 bits per heavy atom. The molecule has 1 amide bonds. The first-order chi connectivity index (χ1) is 15.2. The Labute approximate surface area is 178 Å². The van der Waals surface area contributed by atoms with E-state index in [1.807, 2.05) is 24.3 Å². The van der Waals surface area contributed by atoms with Gasteiger partial charge in [0.05, 0.1) is 29.6 Å². The maximum atomic E-state index is 12.7. The van der Waals surface area contributed by atoms with Gasteiger partial charge in [-0.3, -0.25) is 4.79 Å². The van der Waals surface area contributed by atoms with Crippen molar-refractivity contribution in [3.8, 4) is 5.75 Å². The number of carbonyl (C=O) groups is 1. The van der Waals surface area contributed by atoms with Gasteiger partial charge in [0, 0.05) is 17.4 Å². The number of nitrogens with one attached hydrogen (secondary N) is 4. The number of aromatic nitrogens is 3. The van der Waals surface area contributed by atoms with E-state index in [2.05, 4.69) is 38.8 Å². The van der Waals surface area contributed by atoms with E-state index in [0.717, 1.165) is 46.5 Å². The molecule has 0 fully saturated rings. The number of ether oxygens (including phenoxy) is 1. The topological polar surface area (TPSA) is 94.8 Å². The van der Waals surface area contributed by atoms with Crippen molar-refractivity contribution in [2.45, 2.75) is 19.3 Å². The van der Waals surface area contributed by atoms with Gasteiger partial charge in [-0.15, -0.1) is 0 Å². The molecule has 6 rings (SSSR count). The van der Waals surface area contributed by atoms with Crippen LogP contribution in [-0.2, 0) is 17.6 Å². The number of H-pyrrole nitrogens is 2. The fourth-order valence-corrected chi connectivity index (χ4v) is 4.54. The molecule has 0 radical (unpaired) electrons. The minimum absolute atomic E-state index is 0.157. The molecular weight excluding hydrogens is 390 g/mol. The van der Waals surface area contributed by atoms with Crippen LogP contribution in [0.2, 0.25) is 0 Å². The van der Waals surface area contributed by atoms with Gasteiger partial charge in [-0.25, -0.2) is 4.98 Å². The number of anilines is 3. The molecule has 4 aromatic rings. The fourth-order valence-electron chi connectivity index (χ4n) is 4.54. The van der Waals surface area contributed by atoms with Gasteiger partial charge in [0.1, 0.15) is 11.3 Å². The molecule has 2 aromatic carbocycles. The lowest BCUT2D eigenvalue weighted by Gasteiger charge is -2.05. The highest BCUT2D eigenvalue weighted by molar-refractivity contribution is 6.37. The highest BCUT2D eigenvalue weighted by atomic mass is 16.5. The summed E-state index contributed by atoms with van der Waals surface area (Å²) in [6.45, 7) is 0. The van der Waals surface area contributed by atoms with Crippen LogP contribution in [0.25, 0.3) is 22.7 Å². The van der Waals surface area contributed by atoms with Crippen LogP contribution in [0.15, 0.2) is 42.6 Å². The largest absolute Gasteiger partial charge is 0.495 e. The summed E-state index contributed by atoms with van der Waals surface area (Å²) in [5.74, 6) is 1.18. The Morgan fingerprint density at radius 1 is 1.13 bits per heavy atom. The summed E-state index contributed by atoms with van der Waals surface area (Å²) in [7, 11) is 1.61. The number of aryl methyl sites for hydroxylation is 2. The SMILES string of the molecule is COc1cc[nH]c1C=C1C(=O)Nc2ccc3[nH]c(Nc4ccc5c(c4)CCC5)nc3c21. The van der Waals surface area contributed by atoms with E-state index in [4.69, 9.17) is 9.72 Å². The standard InChI is InChI=1S/C24H21N5O2/c1-31-20-9-10-25-19(20)12-16-21-17(27-23(16)30)7-8-18-22(21)29-24(28-18)26-15-6-5-13-3-2-4-14(13)11-15/h5-12,25H,2-4H2,1H3,(H,27,30)(H2,26,28,29). The summed E-state index contributed by atoms with van der Waals surface area (Å²) >= 11 is 0. The first kappa shape index (κ1) is 17.8. The van der Waals surface area contributed by atoms with E-state index in [1.54, 1.807) is 13.3 Å². The Kier molecular flexibility index (Phi) is 3.89. The van der Waals surface area contributed by atoms with E-state index in [1.165, 1.54) is 17.5 Å². The van der Waals surface area contributed by atoms with E-state index < -0.39 is 0 Å². The minimum atomic E-state index is -0.157. The highest BCUT2D eigenvalue weighted by Crippen LogP contribution is 2.39. The van der Waals surface area contributed by atoms with Crippen molar-refractivity contribution in [1.29, 1.82) is 0 Å². The first-order valence-electron chi connectivity index (χ1n) is 10.4. The van der Waals surface area contributed by atoms with Gasteiger partial charge in [-0.1, -0.05) is 6.07 Å². The lowest BCUT2D eigenvalue weighted by molar-refractivity contribution is -0.110. The Morgan fingerprint density at radius 3 is 2.94 bits per heavy atom. The van der Waals surface area contributed by atoms with Crippen molar-refractivity contribution in [3.63, 3.8) is 0 Å². The number of carbonyl (C=O) groups excluding carboxylic acids is 1. The van der Waals surface area contributed by atoms with E-state index in [9.17, 15) is 4.79 Å². The van der Waals surface area contributed by atoms with Crippen LogP contribution < -0.4 is 15.4 Å². The quantitative estimate of drug-likeness (QED) is 0.369. The van der Waals surface area contributed by atoms with Crippen LogP contribution in [0.3, 0.4) is 0 Å². The Bertz CT molecular complexity index is 1380. The average Bonchev–Trinajstić information content (AvgIpc) is 3.54. The van der Waals surface area contributed by atoms with Gasteiger partial charge in [0.25, 0.3) is 5.91 Å². The van der Waals surface area contributed by atoms with Crippen LogP contribution >= 0.6 is 0 Å². The van der Waals surface area contributed by atoms with Gasteiger partial charge in [0.15, 0.2) is 0 Å². The molecule has 154 valence electrons. The van der Waals surface area contributed by atoms with Crippen LogP contribution in [0, 0.1) is 0 Å². The summed E-state index contributed by atoms with van der Waals surface area (Å²) in [4.78, 5) is 24.0. The zero-order chi connectivity index (χ0) is 20.9. The normalized spacial score (nSPS) is 15.9. The number of methoxy groups -OCH3 is 1. The smallest absolute Gasteiger partial charge is 0.256 e. The van der Waals surface area contributed by atoms with Gasteiger partial charge in [-0.2, -0.15) is 0 Å². The van der Waals surface area contributed by atoms with Gasteiger partial charge in [0.2, 0.25) is 5.95 Å². The second-order valence-electron chi connectivity index (χ2n) is 7.90. The predicted octanol–water partition coefficient (Wildman–Crippen LogP) is 4.62. The van der Waals surface area contributed by atoms with Crippen LogP contribution in [-0.4, -0.2) is 28.0 Å². The van der Waals surface area contributed by atoms with Crippen molar-refractivity contribution in [2.75, 3.05) is 17.7 Å². The molecule has 7 heteroatoms. The predicted molar refractivity (Wildman–Crippen MR) is 122 cm³/mol. The molecule has 31 heavy (non-hydrogen) atoms. The number of benzene rings is 2. The van der Waals surface area contributed by atoms with Crippen LogP contribution in [0.5, 0.6) is 5.75 Å². The number of fused-ring (bicyclic) bond motifs is 4. The third kappa shape index (κ3) is 2.89. The summed E-state index contributed by atoms with van der Waals surface area (Å²) in [5.41, 5.74) is 8.30. The van der Waals surface area contributed by atoms with Gasteiger partial charge in [-0.05, 0) is 66.8 Å². The van der Waals surface area contributed by atoms with E-state index in [-0.39, 0.29) is 5.91 Å². The number of hydrogen-bond acceptors (Lipinski definition) is 4. The summed E-state index contributed by atoms with van der Waals surface area (Å²) < 4.78 is 5.37. The Hall–Kier alpha value is -4.00. The lowest BCUT2D eigenvalue weighted by Crippen LogP contribution is -2.03. The molecule has 2 aromatic heterocycles. The second-order valence-corrected chi connectivity index (χ2v) is 7.90. The molecule has 0 bridgehead atoms. The average molecular weight is 411 g/mol. The number of amides is 1. The number of rotatable bonds is 4. The zero-order valence-electron chi connectivity index (χ0n) is 17.0. The third-order valence-corrected chi connectivity index (χ3v) is 6.03. The number of nitrogens with zero attached hydrogens (tertiary/aromatic N) is 1. The highest BCUT2D eigenvalue weighted by Gasteiger charge is 2.28. The Balaban J connectivity index is 1.41. The summed E-state index contributed by atoms with van der Waals surface area (Å²) in [5, 5.41) is 6.33. The molecule has 7 nitrogen and oxygen atoms in total. The number of aromatic amines is 2. The zero-order valence-corrected chi connectivity index (χ0v) is 17.0. The molecule has 0 saturated carbocycles. The van der Waals surface area contributed by atoms with Crippen LogP contribution in [0.1, 0.15) is 28.8 Å². The number of hydrogen-bond donors (Lipinski definition) is 4. The van der Waals surface area contributed by atoms with Gasteiger partial charge < -0.3 is 25.3 Å². The molecule has 1 aliphatic heterocycles. The summed E-state index contributed by atoms with van der Waals surface area (Å²) in [6.07, 6.45) is 7.10. The molecule has 0 saturated heterocycles. The molecule has 0 unspecified atom stereocenters. The molecular formula is C24H21N5O2. The third-order valence-electron chi connectivity index (χ3n) is 6.03. The molecule has 0 atom stereocenters. The molecule has 3 heterocycles. The molecule has 1 aliphatic carbocycles. The van der Waals surface area contributed by atoms with Crippen molar-refractivity contribution in [3.05, 3.63) is 65.0 Å². The van der Waals surface area contributed by atoms with E-state index >= 15 is 0 Å². The maximum absolute atomic E-state index is 12.7. The number of imidazole rings is 1. The van der Waals surface area contributed by atoms with Crippen molar-refractivity contribution >= 4 is 45.9 Å². The van der Waals surface area contributed by atoms with E-state index in [0.29, 0.717) is 17.3 Å².